The molecule has 0 aliphatic heterocycles. The van der Waals surface area contributed by atoms with E-state index in [9.17, 15) is 17.6 Å². The van der Waals surface area contributed by atoms with Crippen LogP contribution in [0.25, 0.3) is 0 Å². The van der Waals surface area contributed by atoms with E-state index in [1.165, 1.54) is 6.07 Å². The lowest BCUT2D eigenvalue weighted by Crippen LogP contribution is -2.24. The molecule has 22 heavy (non-hydrogen) atoms. The van der Waals surface area contributed by atoms with Crippen LogP contribution in [0.15, 0.2) is 23.1 Å². The molecule has 0 heterocycles. The smallest absolute Gasteiger partial charge is 0.306 e. The molecule has 0 bridgehead atoms. The van der Waals surface area contributed by atoms with Crippen LogP contribution in [0, 0.1) is 5.82 Å². The Morgan fingerprint density at radius 3 is 2.45 bits per heavy atom. The van der Waals surface area contributed by atoms with Crippen molar-refractivity contribution >= 4 is 16.0 Å². The molecule has 8 heteroatoms. The molecule has 0 fully saturated rings. The van der Waals surface area contributed by atoms with Crippen LogP contribution in [-0.2, 0) is 19.6 Å². The monoisotopic (exact) mass is 333 g/mol. The Balaban J connectivity index is 2.48. The molecule has 0 aliphatic rings. The minimum absolute atomic E-state index is 0.100. The van der Waals surface area contributed by atoms with Crippen LogP contribution < -0.4 is 9.88 Å². The number of benzene rings is 1. The first kappa shape index (κ1) is 18.4. The molecule has 0 atom stereocenters. The second-order valence-corrected chi connectivity index (χ2v) is 7.24. The summed E-state index contributed by atoms with van der Waals surface area (Å²) in [6.07, 6.45) is 0.499. The SMILES string of the molecule is CC(C)(C)OC(=O)CCCOc1ccc(S(N)(=O)=O)cc1F. The lowest BCUT2D eigenvalue weighted by Gasteiger charge is -2.19. The molecule has 6 nitrogen and oxygen atoms in total. The average Bonchev–Trinajstić information content (AvgIpc) is 2.32. The maximum Gasteiger partial charge on any atom is 0.306 e. The zero-order chi connectivity index (χ0) is 17.0. The molecule has 0 amide bonds. The van der Waals surface area contributed by atoms with Gasteiger partial charge in [0.1, 0.15) is 5.60 Å². The highest BCUT2D eigenvalue weighted by Gasteiger charge is 2.16. The number of esters is 1. The molecular formula is C14H20FNO5S. The first-order valence-corrected chi connectivity index (χ1v) is 8.21. The van der Waals surface area contributed by atoms with Gasteiger partial charge < -0.3 is 9.47 Å². The number of primary sulfonamides is 1. The summed E-state index contributed by atoms with van der Waals surface area (Å²) in [6, 6.07) is 3.13. The molecule has 0 spiro atoms. The Labute approximate surface area is 129 Å². The van der Waals surface area contributed by atoms with Gasteiger partial charge in [0.25, 0.3) is 0 Å². The van der Waals surface area contributed by atoms with Crippen LogP contribution in [0.5, 0.6) is 5.75 Å². The number of carbonyl (C=O) groups excluding carboxylic acids is 1. The number of nitrogens with two attached hydrogens (primary N) is 1. The first-order chi connectivity index (χ1) is 9.99. The van der Waals surface area contributed by atoms with Gasteiger partial charge in [-0.05, 0) is 45.4 Å². The maximum atomic E-state index is 13.7. The fraction of sp³-hybridized carbons (Fsp3) is 0.500. The maximum absolute atomic E-state index is 13.7. The predicted molar refractivity (Wildman–Crippen MR) is 78.3 cm³/mol. The van der Waals surface area contributed by atoms with Crippen LogP contribution in [0.1, 0.15) is 33.6 Å². The number of rotatable bonds is 6. The quantitative estimate of drug-likeness (QED) is 0.634. The van der Waals surface area contributed by atoms with Gasteiger partial charge in [0.2, 0.25) is 10.0 Å². The number of hydrogen-bond acceptors (Lipinski definition) is 5. The predicted octanol–water partition coefficient (Wildman–Crippen LogP) is 1.97. The topological polar surface area (TPSA) is 95.7 Å². The van der Waals surface area contributed by atoms with Crippen molar-refractivity contribution in [1.82, 2.24) is 0 Å². The van der Waals surface area contributed by atoms with E-state index in [1.54, 1.807) is 20.8 Å². The molecule has 0 saturated heterocycles. The molecule has 1 rings (SSSR count). The number of sulfonamides is 1. The van der Waals surface area contributed by atoms with Crippen molar-refractivity contribution in [1.29, 1.82) is 0 Å². The van der Waals surface area contributed by atoms with Gasteiger partial charge in [-0.2, -0.15) is 0 Å². The summed E-state index contributed by atoms with van der Waals surface area (Å²) in [7, 11) is -3.95. The van der Waals surface area contributed by atoms with Crippen molar-refractivity contribution in [2.45, 2.75) is 44.1 Å². The van der Waals surface area contributed by atoms with Crippen molar-refractivity contribution in [3.8, 4) is 5.75 Å². The minimum Gasteiger partial charge on any atom is -0.491 e. The van der Waals surface area contributed by atoms with Gasteiger partial charge in [0.15, 0.2) is 11.6 Å². The molecule has 0 saturated carbocycles. The van der Waals surface area contributed by atoms with Gasteiger partial charge in [-0.3, -0.25) is 4.79 Å². The summed E-state index contributed by atoms with van der Waals surface area (Å²) >= 11 is 0. The molecule has 0 aliphatic carbocycles. The Hall–Kier alpha value is -1.67. The van der Waals surface area contributed by atoms with Gasteiger partial charge in [-0.1, -0.05) is 0 Å². The highest BCUT2D eigenvalue weighted by Crippen LogP contribution is 2.20. The van der Waals surface area contributed by atoms with E-state index in [0.717, 1.165) is 12.1 Å². The van der Waals surface area contributed by atoms with Gasteiger partial charge in [-0.15, -0.1) is 0 Å². The third kappa shape index (κ3) is 6.40. The van der Waals surface area contributed by atoms with Crippen molar-refractivity contribution in [3.05, 3.63) is 24.0 Å². The highest BCUT2D eigenvalue weighted by atomic mass is 32.2. The molecule has 2 N–H and O–H groups in total. The Morgan fingerprint density at radius 1 is 1.32 bits per heavy atom. The number of halogens is 1. The molecule has 0 radical (unpaired) electrons. The Bertz CT molecular complexity index is 637. The van der Waals surface area contributed by atoms with Crippen molar-refractivity contribution < 1.29 is 27.1 Å². The lowest BCUT2D eigenvalue weighted by atomic mass is 10.2. The van der Waals surface area contributed by atoms with Gasteiger partial charge >= 0.3 is 5.97 Å². The fourth-order valence-corrected chi connectivity index (χ4v) is 2.09. The van der Waals surface area contributed by atoms with E-state index in [2.05, 4.69) is 0 Å². The Morgan fingerprint density at radius 2 is 1.95 bits per heavy atom. The van der Waals surface area contributed by atoms with Crippen LogP contribution >= 0.6 is 0 Å². The molecule has 124 valence electrons. The number of ether oxygens (including phenoxy) is 2. The van der Waals surface area contributed by atoms with Gasteiger partial charge in [0, 0.05) is 6.42 Å². The summed E-state index contributed by atoms with van der Waals surface area (Å²) in [5.41, 5.74) is -0.548. The van der Waals surface area contributed by atoms with Crippen LogP contribution in [0.2, 0.25) is 0 Å². The van der Waals surface area contributed by atoms with E-state index < -0.39 is 21.4 Å². The summed E-state index contributed by atoms with van der Waals surface area (Å²) in [5, 5.41) is 4.89. The standard InChI is InChI=1S/C14H20FNO5S/c1-14(2,3)21-13(17)5-4-8-20-12-7-6-10(9-11(12)15)22(16,18)19/h6-7,9H,4-5,8H2,1-3H3,(H2,16,18,19). The second-order valence-electron chi connectivity index (χ2n) is 5.68. The molecule has 0 unspecified atom stereocenters. The van der Waals surface area contributed by atoms with E-state index >= 15 is 0 Å². The zero-order valence-electron chi connectivity index (χ0n) is 12.8. The van der Waals surface area contributed by atoms with Crippen molar-refractivity contribution in [2.75, 3.05) is 6.61 Å². The van der Waals surface area contributed by atoms with Crippen LogP contribution in [0.4, 0.5) is 4.39 Å². The minimum atomic E-state index is -3.95. The first-order valence-electron chi connectivity index (χ1n) is 6.66. The fourth-order valence-electron chi connectivity index (χ4n) is 1.57. The molecule has 1 aromatic rings. The third-order valence-electron chi connectivity index (χ3n) is 2.43. The Kier molecular flexibility index (Phi) is 5.90. The van der Waals surface area contributed by atoms with E-state index in [0.29, 0.717) is 6.42 Å². The zero-order valence-corrected chi connectivity index (χ0v) is 13.6. The summed E-state index contributed by atoms with van der Waals surface area (Å²) in [5.74, 6) is -1.29. The number of carbonyl (C=O) groups is 1. The summed E-state index contributed by atoms with van der Waals surface area (Å²) in [6.45, 7) is 5.41. The molecular weight excluding hydrogens is 313 g/mol. The molecule has 1 aromatic carbocycles. The van der Waals surface area contributed by atoms with Gasteiger partial charge in [0.05, 0.1) is 11.5 Å². The highest BCUT2D eigenvalue weighted by molar-refractivity contribution is 7.89. The second kappa shape index (κ2) is 7.06. The summed E-state index contributed by atoms with van der Waals surface area (Å²) < 4.78 is 46.1. The van der Waals surface area contributed by atoms with Gasteiger partial charge in [-0.25, -0.2) is 17.9 Å². The number of hydrogen-bond donors (Lipinski definition) is 1. The van der Waals surface area contributed by atoms with Crippen molar-refractivity contribution in [3.63, 3.8) is 0 Å². The van der Waals surface area contributed by atoms with Crippen LogP contribution in [-0.4, -0.2) is 26.6 Å². The van der Waals surface area contributed by atoms with E-state index in [4.69, 9.17) is 14.6 Å². The normalized spacial score (nSPS) is 12.0. The van der Waals surface area contributed by atoms with E-state index in [-0.39, 0.29) is 29.6 Å². The van der Waals surface area contributed by atoms with E-state index in [1.807, 2.05) is 0 Å². The lowest BCUT2D eigenvalue weighted by molar-refractivity contribution is -0.155. The molecule has 0 aromatic heterocycles. The third-order valence-corrected chi connectivity index (χ3v) is 3.35. The van der Waals surface area contributed by atoms with Crippen LogP contribution in [0.3, 0.4) is 0 Å². The van der Waals surface area contributed by atoms with Crippen molar-refractivity contribution in [2.24, 2.45) is 5.14 Å². The summed E-state index contributed by atoms with van der Waals surface area (Å²) in [4.78, 5) is 11.1. The largest absolute Gasteiger partial charge is 0.491 e. The average molecular weight is 333 g/mol.